The van der Waals surface area contributed by atoms with Gasteiger partial charge in [-0.25, -0.2) is 0 Å². The fourth-order valence-electron chi connectivity index (χ4n) is 2.20. The fraction of sp³-hybridized carbons (Fsp3) is 0.625. The van der Waals surface area contributed by atoms with Gasteiger partial charge in [0.15, 0.2) is 0 Å². The van der Waals surface area contributed by atoms with Crippen LogP contribution < -0.4 is 10.1 Å². The minimum atomic E-state index is 0.316. The number of hydrogen-bond acceptors (Lipinski definition) is 3. The Balaban J connectivity index is 2.61. The summed E-state index contributed by atoms with van der Waals surface area (Å²) in [6, 6.07) is 7.21. The van der Waals surface area contributed by atoms with Crippen molar-refractivity contribution in [2.45, 2.75) is 46.2 Å². The lowest BCUT2D eigenvalue weighted by Crippen LogP contribution is -2.29. The third-order valence-corrected chi connectivity index (χ3v) is 4.22. The van der Waals surface area contributed by atoms with Gasteiger partial charge in [-0.05, 0) is 44.8 Å². The van der Waals surface area contributed by atoms with Gasteiger partial charge in [-0.3, -0.25) is 0 Å². The number of nitrogens with one attached hydrogen (secondary N) is 1. The number of thioether (sulfide) groups is 1. The van der Waals surface area contributed by atoms with Crippen molar-refractivity contribution in [3.8, 4) is 5.75 Å². The van der Waals surface area contributed by atoms with Crippen molar-refractivity contribution < 1.29 is 4.74 Å². The molecule has 0 saturated heterocycles. The van der Waals surface area contributed by atoms with Crippen LogP contribution in [0.15, 0.2) is 18.2 Å². The Kier molecular flexibility index (Phi) is 7.32. The topological polar surface area (TPSA) is 21.3 Å². The van der Waals surface area contributed by atoms with Crippen LogP contribution in [0.3, 0.4) is 0 Å². The molecule has 1 aromatic rings. The van der Waals surface area contributed by atoms with Gasteiger partial charge in [0.2, 0.25) is 0 Å². The first kappa shape index (κ1) is 16.4. The third kappa shape index (κ3) is 5.45. The molecule has 0 amide bonds. The van der Waals surface area contributed by atoms with E-state index >= 15 is 0 Å². The van der Waals surface area contributed by atoms with Crippen LogP contribution >= 0.6 is 11.8 Å². The first-order valence-electron chi connectivity index (χ1n) is 7.06. The molecule has 0 aliphatic carbocycles. The predicted molar refractivity (Wildman–Crippen MR) is 86.4 cm³/mol. The second-order valence-electron chi connectivity index (χ2n) is 5.02. The van der Waals surface area contributed by atoms with Gasteiger partial charge in [0.25, 0.3) is 0 Å². The van der Waals surface area contributed by atoms with Crippen LogP contribution in [-0.4, -0.2) is 24.7 Å². The Morgan fingerprint density at radius 2 is 2.05 bits per heavy atom. The molecule has 0 heterocycles. The molecule has 0 fully saturated rings. The normalized spacial score (nSPS) is 14.2. The van der Waals surface area contributed by atoms with Gasteiger partial charge in [0.05, 0.1) is 7.11 Å². The summed E-state index contributed by atoms with van der Waals surface area (Å²) >= 11 is 2.00. The molecule has 3 heteroatoms. The van der Waals surface area contributed by atoms with Crippen LogP contribution in [0, 0.1) is 6.92 Å². The zero-order chi connectivity index (χ0) is 14.3. The molecule has 1 aromatic carbocycles. The Hall–Kier alpha value is -0.670. The van der Waals surface area contributed by atoms with E-state index in [1.165, 1.54) is 29.1 Å². The highest BCUT2D eigenvalue weighted by Gasteiger charge is 2.13. The van der Waals surface area contributed by atoms with Crippen LogP contribution in [-0.2, 0) is 0 Å². The van der Waals surface area contributed by atoms with Gasteiger partial charge in [-0.15, -0.1) is 0 Å². The van der Waals surface area contributed by atoms with Crippen molar-refractivity contribution >= 4 is 11.8 Å². The summed E-state index contributed by atoms with van der Waals surface area (Å²) in [4.78, 5) is 0. The minimum Gasteiger partial charge on any atom is -0.496 e. The average molecular weight is 281 g/mol. The van der Waals surface area contributed by atoms with Crippen molar-refractivity contribution in [2.24, 2.45) is 0 Å². The van der Waals surface area contributed by atoms with Crippen LogP contribution in [0.25, 0.3) is 0 Å². The molecule has 2 atom stereocenters. The molecule has 108 valence electrons. The van der Waals surface area contributed by atoms with Crippen LogP contribution in [0.4, 0.5) is 0 Å². The van der Waals surface area contributed by atoms with E-state index < -0.39 is 0 Å². The van der Waals surface area contributed by atoms with E-state index in [-0.39, 0.29) is 0 Å². The van der Waals surface area contributed by atoms with Crippen molar-refractivity contribution in [1.82, 2.24) is 5.32 Å². The maximum atomic E-state index is 5.46. The molecule has 0 saturated carbocycles. The van der Waals surface area contributed by atoms with E-state index in [2.05, 4.69) is 51.2 Å². The molecule has 0 aliphatic rings. The van der Waals surface area contributed by atoms with Crippen LogP contribution in [0.2, 0.25) is 0 Å². The first-order valence-corrected chi connectivity index (χ1v) is 8.22. The first-order chi connectivity index (χ1) is 9.08. The van der Waals surface area contributed by atoms with Gasteiger partial charge in [0.1, 0.15) is 5.75 Å². The highest BCUT2D eigenvalue weighted by molar-refractivity contribution is 7.99. The zero-order valence-electron chi connectivity index (χ0n) is 12.8. The smallest absolute Gasteiger partial charge is 0.123 e. The highest BCUT2D eigenvalue weighted by atomic mass is 32.2. The van der Waals surface area contributed by atoms with E-state index in [9.17, 15) is 0 Å². The number of aryl methyl sites for hydroxylation is 1. The molecule has 0 spiro atoms. The molecule has 2 nitrogen and oxygen atoms in total. The maximum absolute atomic E-state index is 5.46. The van der Waals surface area contributed by atoms with Crippen LogP contribution in [0.1, 0.15) is 44.4 Å². The molecule has 2 unspecified atom stereocenters. The molecule has 0 aromatic heterocycles. The second kappa shape index (κ2) is 8.49. The molecule has 1 N–H and O–H groups in total. The van der Waals surface area contributed by atoms with E-state index in [0.717, 1.165) is 5.75 Å². The molecular weight excluding hydrogens is 254 g/mol. The van der Waals surface area contributed by atoms with Crippen molar-refractivity contribution in [2.75, 3.05) is 18.6 Å². The average Bonchev–Trinajstić information content (AvgIpc) is 2.39. The zero-order valence-corrected chi connectivity index (χ0v) is 13.6. The quantitative estimate of drug-likeness (QED) is 0.722. The SMILES string of the molecule is CCSCCC(C)NC(C)c1cc(C)ccc1OC. The third-order valence-electron chi connectivity index (χ3n) is 3.29. The van der Waals surface area contributed by atoms with Gasteiger partial charge in [-0.1, -0.05) is 24.6 Å². The molecule has 0 bridgehead atoms. The number of rotatable bonds is 8. The fourth-order valence-corrected chi connectivity index (χ4v) is 3.01. The number of methoxy groups -OCH3 is 1. The summed E-state index contributed by atoms with van der Waals surface area (Å²) in [5, 5.41) is 3.66. The summed E-state index contributed by atoms with van der Waals surface area (Å²) in [5.41, 5.74) is 2.52. The highest BCUT2D eigenvalue weighted by Crippen LogP contribution is 2.26. The van der Waals surface area contributed by atoms with Crippen molar-refractivity contribution in [3.63, 3.8) is 0 Å². The molecule has 0 radical (unpaired) electrons. The summed E-state index contributed by atoms with van der Waals surface area (Å²) in [6.07, 6.45) is 1.21. The summed E-state index contributed by atoms with van der Waals surface area (Å²) in [6.45, 7) is 8.80. The lowest BCUT2D eigenvalue weighted by Gasteiger charge is -2.22. The Labute approximate surface area is 122 Å². The Morgan fingerprint density at radius 1 is 1.32 bits per heavy atom. The molecule has 0 aliphatic heterocycles. The maximum Gasteiger partial charge on any atom is 0.123 e. The monoisotopic (exact) mass is 281 g/mol. The predicted octanol–water partition coefficient (Wildman–Crippen LogP) is 4.19. The van der Waals surface area contributed by atoms with Gasteiger partial charge >= 0.3 is 0 Å². The van der Waals surface area contributed by atoms with E-state index in [0.29, 0.717) is 12.1 Å². The van der Waals surface area contributed by atoms with E-state index in [4.69, 9.17) is 4.74 Å². The Morgan fingerprint density at radius 3 is 2.68 bits per heavy atom. The number of hydrogen-bond donors (Lipinski definition) is 1. The minimum absolute atomic E-state index is 0.316. The number of benzene rings is 1. The van der Waals surface area contributed by atoms with Gasteiger partial charge in [0, 0.05) is 17.6 Å². The molecular formula is C16H27NOS. The Bertz CT molecular complexity index is 381. The van der Waals surface area contributed by atoms with Gasteiger partial charge < -0.3 is 10.1 Å². The lowest BCUT2D eigenvalue weighted by molar-refractivity contribution is 0.394. The summed E-state index contributed by atoms with van der Waals surface area (Å²) in [5.74, 6) is 3.40. The summed E-state index contributed by atoms with van der Waals surface area (Å²) in [7, 11) is 1.74. The summed E-state index contributed by atoms with van der Waals surface area (Å²) < 4.78 is 5.46. The largest absolute Gasteiger partial charge is 0.496 e. The van der Waals surface area contributed by atoms with E-state index in [1.54, 1.807) is 7.11 Å². The van der Waals surface area contributed by atoms with Crippen molar-refractivity contribution in [3.05, 3.63) is 29.3 Å². The molecule has 19 heavy (non-hydrogen) atoms. The molecule has 1 rings (SSSR count). The lowest BCUT2D eigenvalue weighted by atomic mass is 10.0. The van der Waals surface area contributed by atoms with Gasteiger partial charge in [-0.2, -0.15) is 11.8 Å². The number of ether oxygens (including phenoxy) is 1. The van der Waals surface area contributed by atoms with Crippen LogP contribution in [0.5, 0.6) is 5.75 Å². The van der Waals surface area contributed by atoms with E-state index in [1.807, 2.05) is 11.8 Å². The standard InChI is InChI=1S/C16H27NOS/c1-6-19-10-9-13(3)17-14(4)15-11-12(2)7-8-16(15)18-5/h7-8,11,13-14,17H,6,9-10H2,1-5H3. The second-order valence-corrected chi connectivity index (χ2v) is 6.41. The van der Waals surface area contributed by atoms with Crippen molar-refractivity contribution in [1.29, 1.82) is 0 Å².